The zero-order valence-corrected chi connectivity index (χ0v) is 13.6. The molecule has 124 valence electrons. The standard InChI is InChI=1S/C17H17N3O4/c1-22-14-8-11(9-15(23-2)16(14)24-3)10-20-17(21)12-6-4-5-7-13(12)18-19-20/h4-9H,10H2,1-3H3. The highest BCUT2D eigenvalue weighted by Crippen LogP contribution is 2.38. The molecule has 24 heavy (non-hydrogen) atoms. The second-order valence-electron chi connectivity index (χ2n) is 5.10. The molecule has 0 unspecified atom stereocenters. The molecule has 1 heterocycles. The number of hydrogen-bond acceptors (Lipinski definition) is 6. The SMILES string of the molecule is COc1cc(Cn2nnc3ccccc3c2=O)cc(OC)c1OC. The maximum absolute atomic E-state index is 12.5. The zero-order chi connectivity index (χ0) is 17.1. The van der Waals surface area contributed by atoms with Gasteiger partial charge in [-0.05, 0) is 29.8 Å². The molecule has 0 saturated carbocycles. The first kappa shape index (κ1) is 15.8. The van der Waals surface area contributed by atoms with Crippen LogP contribution in [0.15, 0.2) is 41.2 Å². The summed E-state index contributed by atoms with van der Waals surface area (Å²) < 4.78 is 17.3. The van der Waals surface area contributed by atoms with Crippen LogP contribution in [0.25, 0.3) is 10.9 Å². The highest BCUT2D eigenvalue weighted by atomic mass is 16.5. The number of ether oxygens (including phenoxy) is 3. The largest absolute Gasteiger partial charge is 0.493 e. The molecule has 0 spiro atoms. The molecule has 3 aromatic rings. The highest BCUT2D eigenvalue weighted by molar-refractivity contribution is 5.76. The summed E-state index contributed by atoms with van der Waals surface area (Å²) in [6, 6.07) is 10.7. The lowest BCUT2D eigenvalue weighted by Crippen LogP contribution is -2.24. The van der Waals surface area contributed by atoms with Gasteiger partial charge < -0.3 is 14.2 Å². The lowest BCUT2D eigenvalue weighted by Gasteiger charge is -2.14. The fraction of sp³-hybridized carbons (Fsp3) is 0.235. The van der Waals surface area contributed by atoms with Crippen LogP contribution in [0.3, 0.4) is 0 Å². The molecule has 0 saturated heterocycles. The van der Waals surface area contributed by atoms with Crippen LogP contribution in [0, 0.1) is 0 Å². The molecule has 0 aliphatic carbocycles. The molecule has 0 N–H and O–H groups in total. The van der Waals surface area contributed by atoms with Crippen LogP contribution in [-0.4, -0.2) is 36.3 Å². The summed E-state index contributed by atoms with van der Waals surface area (Å²) in [4.78, 5) is 12.5. The van der Waals surface area contributed by atoms with Gasteiger partial charge in [0.05, 0.1) is 33.3 Å². The third-order valence-corrected chi connectivity index (χ3v) is 3.69. The third-order valence-electron chi connectivity index (χ3n) is 3.69. The summed E-state index contributed by atoms with van der Waals surface area (Å²) in [5, 5.41) is 8.61. The normalized spacial score (nSPS) is 10.6. The summed E-state index contributed by atoms with van der Waals surface area (Å²) in [7, 11) is 4.63. The van der Waals surface area contributed by atoms with E-state index in [1.807, 2.05) is 6.07 Å². The van der Waals surface area contributed by atoms with Crippen molar-refractivity contribution in [1.82, 2.24) is 15.0 Å². The van der Waals surface area contributed by atoms with Crippen LogP contribution in [0.4, 0.5) is 0 Å². The molecule has 7 nitrogen and oxygen atoms in total. The molecular weight excluding hydrogens is 310 g/mol. The van der Waals surface area contributed by atoms with Crippen LogP contribution in [0.1, 0.15) is 5.56 Å². The van der Waals surface area contributed by atoms with Gasteiger partial charge in [0.25, 0.3) is 5.56 Å². The first-order valence-electron chi connectivity index (χ1n) is 7.29. The minimum Gasteiger partial charge on any atom is -0.493 e. The van der Waals surface area contributed by atoms with E-state index in [0.29, 0.717) is 28.2 Å². The van der Waals surface area contributed by atoms with E-state index in [-0.39, 0.29) is 12.1 Å². The molecule has 0 fully saturated rings. The molecule has 0 amide bonds. The zero-order valence-electron chi connectivity index (χ0n) is 13.6. The van der Waals surface area contributed by atoms with Gasteiger partial charge >= 0.3 is 0 Å². The molecule has 0 radical (unpaired) electrons. The van der Waals surface area contributed by atoms with E-state index in [1.54, 1.807) is 51.7 Å². The van der Waals surface area contributed by atoms with Gasteiger partial charge in [0.1, 0.15) is 5.52 Å². The van der Waals surface area contributed by atoms with E-state index in [9.17, 15) is 4.79 Å². The third kappa shape index (κ3) is 2.76. The Morgan fingerprint density at radius 1 is 1.00 bits per heavy atom. The first-order chi connectivity index (χ1) is 11.7. The molecule has 0 atom stereocenters. The maximum Gasteiger partial charge on any atom is 0.277 e. The molecule has 0 bridgehead atoms. The Morgan fingerprint density at radius 2 is 1.67 bits per heavy atom. The molecular formula is C17H17N3O4. The fourth-order valence-corrected chi connectivity index (χ4v) is 2.53. The number of methoxy groups -OCH3 is 3. The van der Waals surface area contributed by atoms with Crippen molar-refractivity contribution in [1.29, 1.82) is 0 Å². The second-order valence-corrected chi connectivity index (χ2v) is 5.10. The van der Waals surface area contributed by atoms with Crippen molar-refractivity contribution in [3.05, 3.63) is 52.3 Å². The lowest BCUT2D eigenvalue weighted by molar-refractivity contribution is 0.323. The molecule has 3 rings (SSSR count). The van der Waals surface area contributed by atoms with Crippen LogP contribution >= 0.6 is 0 Å². The smallest absolute Gasteiger partial charge is 0.277 e. The van der Waals surface area contributed by atoms with Crippen molar-refractivity contribution in [2.75, 3.05) is 21.3 Å². The van der Waals surface area contributed by atoms with E-state index in [0.717, 1.165) is 5.56 Å². The van der Waals surface area contributed by atoms with Crippen LogP contribution in [0.5, 0.6) is 17.2 Å². The van der Waals surface area contributed by atoms with Gasteiger partial charge in [0, 0.05) is 0 Å². The molecule has 7 heteroatoms. The van der Waals surface area contributed by atoms with Gasteiger partial charge in [0.2, 0.25) is 5.75 Å². The van der Waals surface area contributed by atoms with Gasteiger partial charge in [-0.1, -0.05) is 17.3 Å². The minimum absolute atomic E-state index is 0.200. The van der Waals surface area contributed by atoms with Crippen molar-refractivity contribution in [3.63, 3.8) is 0 Å². The quantitative estimate of drug-likeness (QED) is 0.712. The minimum atomic E-state index is -0.200. The van der Waals surface area contributed by atoms with Crippen molar-refractivity contribution < 1.29 is 14.2 Å². The van der Waals surface area contributed by atoms with Crippen LogP contribution in [-0.2, 0) is 6.54 Å². The van der Waals surface area contributed by atoms with Crippen molar-refractivity contribution >= 4 is 10.9 Å². The average molecular weight is 327 g/mol. The number of rotatable bonds is 5. The highest BCUT2D eigenvalue weighted by Gasteiger charge is 2.14. The number of benzene rings is 2. The van der Waals surface area contributed by atoms with E-state index in [1.165, 1.54) is 4.68 Å². The predicted octanol–water partition coefficient (Wildman–Crippen LogP) is 1.87. The van der Waals surface area contributed by atoms with E-state index >= 15 is 0 Å². The maximum atomic E-state index is 12.5. The number of fused-ring (bicyclic) bond motifs is 1. The van der Waals surface area contributed by atoms with Crippen molar-refractivity contribution in [3.8, 4) is 17.2 Å². The fourth-order valence-electron chi connectivity index (χ4n) is 2.53. The summed E-state index contributed by atoms with van der Waals surface area (Å²) in [5.74, 6) is 1.54. The molecule has 0 aliphatic heterocycles. The summed E-state index contributed by atoms with van der Waals surface area (Å²) in [5.41, 5.74) is 1.16. The number of hydrogen-bond donors (Lipinski definition) is 0. The van der Waals surface area contributed by atoms with Crippen molar-refractivity contribution in [2.24, 2.45) is 0 Å². The van der Waals surface area contributed by atoms with Gasteiger partial charge in [0.15, 0.2) is 11.5 Å². The topological polar surface area (TPSA) is 75.5 Å². The van der Waals surface area contributed by atoms with Gasteiger partial charge in [-0.3, -0.25) is 4.79 Å². The van der Waals surface area contributed by atoms with E-state index < -0.39 is 0 Å². The molecule has 2 aromatic carbocycles. The lowest BCUT2D eigenvalue weighted by atomic mass is 10.1. The Labute approximate surface area is 138 Å². The van der Waals surface area contributed by atoms with E-state index in [4.69, 9.17) is 14.2 Å². The Bertz CT molecular complexity index is 912. The Hall–Kier alpha value is -3.09. The second kappa shape index (κ2) is 6.57. The average Bonchev–Trinajstić information content (AvgIpc) is 2.63. The van der Waals surface area contributed by atoms with E-state index in [2.05, 4.69) is 10.3 Å². The Morgan fingerprint density at radius 3 is 2.29 bits per heavy atom. The number of nitrogens with zero attached hydrogens (tertiary/aromatic N) is 3. The predicted molar refractivity (Wildman–Crippen MR) is 89.0 cm³/mol. The summed E-state index contributed by atoms with van der Waals surface area (Å²) >= 11 is 0. The first-order valence-corrected chi connectivity index (χ1v) is 7.29. The van der Waals surface area contributed by atoms with Gasteiger partial charge in [-0.15, -0.1) is 5.10 Å². The molecule has 0 aliphatic rings. The monoisotopic (exact) mass is 327 g/mol. The van der Waals surface area contributed by atoms with Crippen LogP contribution in [0.2, 0.25) is 0 Å². The van der Waals surface area contributed by atoms with Gasteiger partial charge in [-0.25, -0.2) is 4.68 Å². The molecule has 1 aromatic heterocycles. The van der Waals surface area contributed by atoms with Crippen molar-refractivity contribution in [2.45, 2.75) is 6.54 Å². The summed E-state index contributed by atoms with van der Waals surface area (Å²) in [6.45, 7) is 0.243. The summed E-state index contributed by atoms with van der Waals surface area (Å²) in [6.07, 6.45) is 0. The Balaban J connectivity index is 2.05. The Kier molecular flexibility index (Phi) is 4.33. The number of aromatic nitrogens is 3. The van der Waals surface area contributed by atoms with Gasteiger partial charge in [-0.2, -0.15) is 0 Å². The van der Waals surface area contributed by atoms with Crippen LogP contribution < -0.4 is 19.8 Å².